The van der Waals surface area contributed by atoms with E-state index < -0.39 is 8.32 Å². The third-order valence-corrected chi connectivity index (χ3v) is 9.27. The summed E-state index contributed by atoms with van der Waals surface area (Å²) in [6.45, 7) is 23.8. The summed E-state index contributed by atoms with van der Waals surface area (Å²) in [6.07, 6.45) is 12.4. The molecule has 1 saturated heterocycles. The molecular formula is C25H55N3OSi. The van der Waals surface area contributed by atoms with Gasteiger partial charge in [0.25, 0.3) is 0 Å². The molecule has 0 atom stereocenters. The van der Waals surface area contributed by atoms with Gasteiger partial charge in [-0.1, -0.05) is 52.4 Å². The number of rotatable bonds is 19. The van der Waals surface area contributed by atoms with Crippen molar-refractivity contribution in [3.05, 3.63) is 0 Å². The molecule has 0 unspecified atom stereocenters. The number of hydrogen-bond donors (Lipinski definition) is 0. The van der Waals surface area contributed by atoms with Crippen molar-refractivity contribution in [3.63, 3.8) is 0 Å². The molecule has 0 aromatic heterocycles. The number of hydrogen-bond acceptors (Lipinski definition) is 4. The van der Waals surface area contributed by atoms with E-state index in [2.05, 4.69) is 48.6 Å². The molecule has 1 heterocycles. The summed E-state index contributed by atoms with van der Waals surface area (Å²) in [5, 5.41) is 0. The predicted molar refractivity (Wildman–Crippen MR) is 136 cm³/mol. The van der Waals surface area contributed by atoms with Gasteiger partial charge in [0.2, 0.25) is 0 Å². The maximum atomic E-state index is 5.98. The summed E-state index contributed by atoms with van der Waals surface area (Å²) in [4.78, 5) is 8.15. The largest absolute Gasteiger partial charge is 0.418 e. The minimum absolute atomic E-state index is 0.881. The maximum Gasteiger partial charge on any atom is 0.186 e. The average molecular weight is 442 g/mol. The molecule has 1 rings (SSSR count). The second-order valence-corrected chi connectivity index (χ2v) is 14.3. The monoisotopic (exact) mass is 441 g/mol. The standard InChI is InChI=1S/C25H55N3OSi/c1-6-9-11-13-16-26(17-14-12-10-7-2)19-22-28-23-20-27(21-24-28)18-15-25-30(4,5)29-8-3/h6-25H2,1-5H3. The van der Waals surface area contributed by atoms with Crippen LogP contribution in [0, 0.1) is 0 Å². The van der Waals surface area contributed by atoms with Gasteiger partial charge in [-0.05, 0) is 65.0 Å². The van der Waals surface area contributed by atoms with E-state index in [1.807, 2.05) is 0 Å². The topological polar surface area (TPSA) is 19.0 Å². The first kappa shape index (κ1) is 28.1. The van der Waals surface area contributed by atoms with Crippen LogP contribution < -0.4 is 0 Å². The lowest BCUT2D eigenvalue weighted by atomic mass is 10.1. The molecule has 4 nitrogen and oxygen atoms in total. The summed E-state index contributed by atoms with van der Waals surface area (Å²) in [6, 6.07) is 1.30. The molecule has 5 heteroatoms. The molecule has 0 saturated carbocycles. The first-order chi connectivity index (χ1) is 14.5. The highest BCUT2D eigenvalue weighted by Crippen LogP contribution is 2.15. The van der Waals surface area contributed by atoms with E-state index in [1.165, 1.54) is 123 Å². The van der Waals surface area contributed by atoms with E-state index in [0.29, 0.717) is 0 Å². The van der Waals surface area contributed by atoms with Crippen LogP contribution in [0.2, 0.25) is 19.1 Å². The molecule has 30 heavy (non-hydrogen) atoms. The zero-order chi connectivity index (χ0) is 22.1. The summed E-state index contributed by atoms with van der Waals surface area (Å²) >= 11 is 0. The van der Waals surface area contributed by atoms with Gasteiger partial charge >= 0.3 is 0 Å². The summed E-state index contributed by atoms with van der Waals surface area (Å²) < 4.78 is 5.98. The Bertz CT molecular complexity index is 375. The van der Waals surface area contributed by atoms with Crippen LogP contribution >= 0.6 is 0 Å². The average Bonchev–Trinajstić information content (AvgIpc) is 2.72. The van der Waals surface area contributed by atoms with Gasteiger partial charge in [-0.2, -0.15) is 0 Å². The zero-order valence-electron chi connectivity index (χ0n) is 21.4. The third kappa shape index (κ3) is 14.2. The van der Waals surface area contributed by atoms with Gasteiger partial charge in [0, 0.05) is 45.9 Å². The van der Waals surface area contributed by atoms with Crippen molar-refractivity contribution >= 4 is 8.32 Å². The molecule has 180 valence electrons. The van der Waals surface area contributed by atoms with Crippen LogP contribution in [0.25, 0.3) is 0 Å². The molecule has 0 N–H and O–H groups in total. The Balaban J connectivity index is 2.22. The van der Waals surface area contributed by atoms with Gasteiger partial charge in [-0.25, -0.2) is 0 Å². The van der Waals surface area contributed by atoms with Crippen molar-refractivity contribution in [2.45, 2.75) is 97.7 Å². The highest BCUT2D eigenvalue weighted by atomic mass is 28.4. The van der Waals surface area contributed by atoms with Crippen LogP contribution in [0.5, 0.6) is 0 Å². The number of nitrogens with zero attached hydrogens (tertiary/aromatic N) is 3. The van der Waals surface area contributed by atoms with Gasteiger partial charge in [0.1, 0.15) is 0 Å². The molecule has 0 spiro atoms. The van der Waals surface area contributed by atoms with E-state index in [4.69, 9.17) is 4.43 Å². The lowest BCUT2D eigenvalue weighted by Crippen LogP contribution is -2.48. The maximum absolute atomic E-state index is 5.98. The van der Waals surface area contributed by atoms with Crippen molar-refractivity contribution in [1.29, 1.82) is 0 Å². The van der Waals surface area contributed by atoms with Crippen LogP contribution in [0.15, 0.2) is 0 Å². The fourth-order valence-electron chi connectivity index (χ4n) is 4.57. The van der Waals surface area contributed by atoms with Crippen molar-refractivity contribution in [3.8, 4) is 0 Å². The Kier molecular flexibility index (Phi) is 16.5. The second kappa shape index (κ2) is 17.6. The van der Waals surface area contributed by atoms with Crippen LogP contribution in [0.3, 0.4) is 0 Å². The first-order valence-electron chi connectivity index (χ1n) is 13.3. The molecule has 1 aliphatic heterocycles. The zero-order valence-corrected chi connectivity index (χ0v) is 22.4. The van der Waals surface area contributed by atoms with Crippen molar-refractivity contribution in [2.75, 3.05) is 65.5 Å². The van der Waals surface area contributed by atoms with E-state index in [-0.39, 0.29) is 0 Å². The van der Waals surface area contributed by atoms with Crippen LogP contribution in [0.1, 0.15) is 78.6 Å². The van der Waals surface area contributed by atoms with Gasteiger partial charge in [-0.15, -0.1) is 0 Å². The Hall–Kier alpha value is 0.0569. The smallest absolute Gasteiger partial charge is 0.186 e. The lowest BCUT2D eigenvalue weighted by Gasteiger charge is -2.36. The minimum Gasteiger partial charge on any atom is -0.418 e. The molecule has 0 radical (unpaired) electrons. The molecule has 0 aliphatic carbocycles. The predicted octanol–water partition coefficient (Wildman–Crippen LogP) is 5.70. The fourth-order valence-corrected chi connectivity index (χ4v) is 6.51. The van der Waals surface area contributed by atoms with Crippen LogP contribution in [-0.4, -0.2) is 88.5 Å². The number of unbranched alkanes of at least 4 members (excludes halogenated alkanes) is 6. The lowest BCUT2D eigenvalue weighted by molar-refractivity contribution is 0.117. The van der Waals surface area contributed by atoms with Crippen molar-refractivity contribution in [2.24, 2.45) is 0 Å². The Morgan fingerprint density at radius 1 is 0.667 bits per heavy atom. The van der Waals surface area contributed by atoms with E-state index in [9.17, 15) is 0 Å². The van der Waals surface area contributed by atoms with Crippen LogP contribution in [0.4, 0.5) is 0 Å². The SMILES string of the molecule is CCCCCCN(CCCCCC)CCN1CCN(CCC[Si](C)(C)OCC)CC1. The summed E-state index contributed by atoms with van der Waals surface area (Å²) in [7, 11) is -1.40. The van der Waals surface area contributed by atoms with E-state index >= 15 is 0 Å². The molecule has 1 aliphatic rings. The van der Waals surface area contributed by atoms with Gasteiger partial charge in [-0.3, -0.25) is 4.90 Å². The highest BCUT2D eigenvalue weighted by Gasteiger charge is 2.22. The Morgan fingerprint density at radius 2 is 1.20 bits per heavy atom. The van der Waals surface area contributed by atoms with Gasteiger partial charge in [0.15, 0.2) is 8.32 Å². The summed E-state index contributed by atoms with van der Waals surface area (Å²) in [5.74, 6) is 0. The normalized spacial score (nSPS) is 16.6. The molecule has 0 amide bonds. The molecular weight excluding hydrogens is 386 g/mol. The van der Waals surface area contributed by atoms with Crippen LogP contribution in [-0.2, 0) is 4.43 Å². The molecule has 0 bridgehead atoms. The van der Waals surface area contributed by atoms with Crippen molar-refractivity contribution in [1.82, 2.24) is 14.7 Å². The van der Waals surface area contributed by atoms with Crippen molar-refractivity contribution < 1.29 is 4.43 Å². The van der Waals surface area contributed by atoms with E-state index in [1.54, 1.807) is 0 Å². The quantitative estimate of drug-likeness (QED) is 0.189. The molecule has 0 aromatic rings. The Labute approximate surface area is 190 Å². The number of piperazine rings is 1. The fraction of sp³-hybridized carbons (Fsp3) is 1.00. The minimum atomic E-state index is -1.40. The summed E-state index contributed by atoms with van der Waals surface area (Å²) in [5.41, 5.74) is 0. The molecule has 1 fully saturated rings. The van der Waals surface area contributed by atoms with Gasteiger partial charge < -0.3 is 14.2 Å². The molecule has 0 aromatic carbocycles. The second-order valence-electron chi connectivity index (χ2n) is 9.94. The Morgan fingerprint density at radius 3 is 1.70 bits per heavy atom. The van der Waals surface area contributed by atoms with Gasteiger partial charge in [0.05, 0.1) is 0 Å². The highest BCUT2D eigenvalue weighted by molar-refractivity contribution is 6.71. The van der Waals surface area contributed by atoms with E-state index in [0.717, 1.165) is 6.61 Å². The first-order valence-corrected chi connectivity index (χ1v) is 16.4. The third-order valence-electron chi connectivity index (χ3n) is 6.64.